The molecule has 0 saturated carbocycles. The molecule has 0 radical (unpaired) electrons. The van der Waals surface area contributed by atoms with Crippen molar-refractivity contribution < 1.29 is 9.53 Å². The molecule has 20 heavy (non-hydrogen) atoms. The van der Waals surface area contributed by atoms with Crippen LogP contribution in [-0.4, -0.2) is 40.6 Å². The van der Waals surface area contributed by atoms with Crippen LogP contribution in [0.2, 0.25) is 0 Å². The first-order valence-corrected chi connectivity index (χ1v) is 8.04. The normalized spacial score (nSPS) is 18.6. The van der Waals surface area contributed by atoms with Crippen molar-refractivity contribution in [3.05, 3.63) is 0 Å². The fourth-order valence-electron chi connectivity index (χ4n) is 1.83. The molecule has 4 nitrogen and oxygen atoms in total. The van der Waals surface area contributed by atoms with Gasteiger partial charge in [0.25, 0.3) is 0 Å². The Balaban J connectivity index is 2.35. The van der Waals surface area contributed by atoms with Gasteiger partial charge < -0.3 is 9.64 Å². The average molecular weight is 300 g/mol. The average Bonchev–Trinajstić information content (AvgIpc) is 2.25. The minimum atomic E-state index is -0.418. The highest BCUT2D eigenvalue weighted by atomic mass is 32.2. The number of amides is 1. The molecular weight excluding hydrogens is 272 g/mol. The largest absolute Gasteiger partial charge is 0.444 e. The van der Waals surface area contributed by atoms with E-state index in [0.717, 1.165) is 25.9 Å². The Bertz CT molecular complexity index is 348. The summed E-state index contributed by atoms with van der Waals surface area (Å²) in [5.74, 6) is 0.475. The minimum absolute atomic E-state index is 0.160. The van der Waals surface area contributed by atoms with E-state index in [1.807, 2.05) is 27.0 Å². The molecule has 116 valence electrons. The lowest BCUT2D eigenvalue weighted by Gasteiger charge is -2.32. The van der Waals surface area contributed by atoms with E-state index >= 15 is 0 Å². The van der Waals surface area contributed by atoms with Crippen molar-refractivity contribution in [2.24, 2.45) is 10.3 Å². The summed E-state index contributed by atoms with van der Waals surface area (Å²) >= 11 is 1.61. The van der Waals surface area contributed by atoms with Crippen LogP contribution in [0.4, 0.5) is 4.79 Å². The first-order valence-electron chi connectivity index (χ1n) is 7.26. The zero-order valence-corrected chi connectivity index (χ0v) is 14.4. The summed E-state index contributed by atoms with van der Waals surface area (Å²) in [6.45, 7) is 13.7. The molecule has 1 fully saturated rings. The lowest BCUT2D eigenvalue weighted by molar-refractivity contribution is 0.0203. The van der Waals surface area contributed by atoms with Crippen molar-refractivity contribution in [2.75, 3.05) is 13.1 Å². The smallest absolute Gasteiger partial charge is 0.410 e. The number of carbonyl (C=O) groups is 1. The molecule has 1 rings (SSSR count). The van der Waals surface area contributed by atoms with E-state index in [-0.39, 0.29) is 10.8 Å². The topological polar surface area (TPSA) is 41.9 Å². The van der Waals surface area contributed by atoms with Crippen LogP contribution in [0.1, 0.15) is 54.4 Å². The fraction of sp³-hybridized carbons (Fsp3) is 0.867. The number of ether oxygens (including phenoxy) is 1. The van der Waals surface area contributed by atoms with Crippen LogP contribution in [0.3, 0.4) is 0 Å². The van der Waals surface area contributed by atoms with Crippen LogP contribution in [0.25, 0.3) is 0 Å². The summed E-state index contributed by atoms with van der Waals surface area (Å²) in [6, 6.07) is 0. The second-order valence-electron chi connectivity index (χ2n) is 7.26. The van der Waals surface area contributed by atoms with Crippen molar-refractivity contribution in [3.63, 3.8) is 0 Å². The summed E-state index contributed by atoms with van der Waals surface area (Å²) in [7, 11) is 0. The number of likely N-dealkylation sites (tertiary alicyclic amines) is 1. The third kappa shape index (κ3) is 7.17. The molecular formula is C15H28N2O2S. The maximum Gasteiger partial charge on any atom is 0.410 e. The number of rotatable bonds is 2. The van der Waals surface area contributed by atoms with Gasteiger partial charge in [-0.05, 0) is 72.2 Å². The van der Waals surface area contributed by atoms with E-state index in [2.05, 4.69) is 25.2 Å². The van der Waals surface area contributed by atoms with E-state index in [1.54, 1.807) is 16.8 Å². The zero-order chi connectivity index (χ0) is 15.4. The second-order valence-corrected chi connectivity index (χ2v) is 8.88. The van der Waals surface area contributed by atoms with E-state index in [9.17, 15) is 4.79 Å². The molecule has 0 unspecified atom stereocenters. The van der Waals surface area contributed by atoms with E-state index < -0.39 is 5.60 Å². The van der Waals surface area contributed by atoms with Gasteiger partial charge in [0.05, 0.1) is 0 Å². The predicted molar refractivity (Wildman–Crippen MR) is 86.4 cm³/mol. The molecule has 0 bridgehead atoms. The molecule has 0 aromatic heterocycles. The summed E-state index contributed by atoms with van der Waals surface area (Å²) in [5.41, 5.74) is -0.418. The Morgan fingerprint density at radius 2 is 1.75 bits per heavy atom. The SMILES string of the molecule is CC(C)(C)OC(=O)N1CCC(C=NSC(C)(C)C)CC1. The number of hydrogen-bond acceptors (Lipinski definition) is 4. The van der Waals surface area contributed by atoms with Crippen LogP contribution in [0, 0.1) is 5.92 Å². The lowest BCUT2D eigenvalue weighted by atomic mass is 9.99. The summed E-state index contributed by atoms with van der Waals surface area (Å²) in [5, 5.41) is 0. The Morgan fingerprint density at radius 3 is 2.20 bits per heavy atom. The van der Waals surface area contributed by atoms with Gasteiger partial charge in [-0.15, -0.1) is 0 Å². The maximum atomic E-state index is 11.9. The van der Waals surface area contributed by atoms with Crippen molar-refractivity contribution in [3.8, 4) is 0 Å². The van der Waals surface area contributed by atoms with Crippen LogP contribution < -0.4 is 0 Å². The summed E-state index contributed by atoms with van der Waals surface area (Å²) in [6.07, 6.45) is 3.78. The quantitative estimate of drug-likeness (QED) is 0.568. The molecule has 0 aliphatic carbocycles. The van der Waals surface area contributed by atoms with Gasteiger partial charge in [-0.1, -0.05) is 0 Å². The highest BCUT2D eigenvalue weighted by Crippen LogP contribution is 2.25. The minimum Gasteiger partial charge on any atom is -0.444 e. The number of hydrogen-bond donors (Lipinski definition) is 0. The summed E-state index contributed by atoms with van der Waals surface area (Å²) in [4.78, 5) is 13.7. The Hall–Kier alpha value is -0.710. The van der Waals surface area contributed by atoms with Gasteiger partial charge in [0.1, 0.15) is 5.60 Å². The maximum absolute atomic E-state index is 11.9. The Kier molecular flexibility index (Phi) is 5.92. The highest BCUT2D eigenvalue weighted by Gasteiger charge is 2.26. The molecule has 1 aliphatic rings. The van der Waals surface area contributed by atoms with E-state index in [1.165, 1.54) is 0 Å². The Morgan fingerprint density at radius 1 is 1.20 bits per heavy atom. The van der Waals surface area contributed by atoms with Gasteiger partial charge in [-0.25, -0.2) is 9.19 Å². The monoisotopic (exact) mass is 300 g/mol. The van der Waals surface area contributed by atoms with Gasteiger partial charge in [0.15, 0.2) is 0 Å². The van der Waals surface area contributed by atoms with Gasteiger partial charge in [-0.2, -0.15) is 0 Å². The first kappa shape index (κ1) is 17.3. The van der Waals surface area contributed by atoms with Crippen molar-refractivity contribution in [1.29, 1.82) is 0 Å². The highest BCUT2D eigenvalue weighted by molar-refractivity contribution is 7.99. The predicted octanol–water partition coefficient (Wildman–Crippen LogP) is 4.15. The van der Waals surface area contributed by atoms with Gasteiger partial charge in [-0.3, -0.25) is 0 Å². The Labute approximate surface area is 127 Å². The van der Waals surface area contributed by atoms with E-state index in [4.69, 9.17) is 4.74 Å². The molecule has 0 atom stereocenters. The number of piperidine rings is 1. The van der Waals surface area contributed by atoms with Crippen LogP contribution in [0.15, 0.2) is 4.40 Å². The lowest BCUT2D eigenvalue weighted by Crippen LogP contribution is -2.41. The number of nitrogens with zero attached hydrogens (tertiary/aromatic N) is 2. The summed E-state index contributed by atoms with van der Waals surface area (Å²) < 4.78 is 10.0. The van der Waals surface area contributed by atoms with Crippen LogP contribution >= 0.6 is 11.9 Å². The molecule has 1 heterocycles. The molecule has 5 heteroatoms. The number of carbonyl (C=O) groups excluding carboxylic acids is 1. The molecule has 0 spiro atoms. The fourth-order valence-corrected chi connectivity index (χ4v) is 2.38. The third-order valence-corrected chi connectivity index (χ3v) is 3.56. The van der Waals surface area contributed by atoms with Crippen molar-refractivity contribution >= 4 is 24.3 Å². The first-order chi connectivity index (χ1) is 9.07. The zero-order valence-electron chi connectivity index (χ0n) is 13.6. The molecule has 1 amide bonds. The van der Waals surface area contributed by atoms with Gasteiger partial charge >= 0.3 is 6.09 Å². The van der Waals surface area contributed by atoms with Crippen molar-refractivity contribution in [2.45, 2.75) is 64.7 Å². The van der Waals surface area contributed by atoms with E-state index in [0.29, 0.717) is 5.92 Å². The molecule has 1 saturated heterocycles. The van der Waals surface area contributed by atoms with Crippen LogP contribution in [-0.2, 0) is 4.74 Å². The van der Waals surface area contributed by atoms with Gasteiger partial charge in [0.2, 0.25) is 0 Å². The molecule has 0 aromatic rings. The van der Waals surface area contributed by atoms with Crippen molar-refractivity contribution in [1.82, 2.24) is 4.90 Å². The van der Waals surface area contributed by atoms with Crippen LogP contribution in [0.5, 0.6) is 0 Å². The molecule has 0 aromatic carbocycles. The second kappa shape index (κ2) is 6.83. The third-order valence-electron chi connectivity index (χ3n) is 2.79. The molecule has 0 N–H and O–H groups in total. The van der Waals surface area contributed by atoms with Gasteiger partial charge in [0, 0.05) is 24.1 Å². The molecule has 1 aliphatic heterocycles. The standard InChI is InChI=1S/C15H28N2O2S/c1-14(2,3)19-13(18)17-9-7-12(8-10-17)11-16-20-15(4,5)6/h11-12H,7-10H2,1-6H3.